The molecule has 1 aromatic rings. The summed E-state index contributed by atoms with van der Waals surface area (Å²) in [6.07, 6.45) is 3.23. The van der Waals surface area contributed by atoms with Crippen molar-refractivity contribution in [3.8, 4) is 5.75 Å². The number of hydrogen-bond donors (Lipinski definition) is 0. The van der Waals surface area contributed by atoms with Crippen LogP contribution in [0, 0.1) is 11.7 Å². The van der Waals surface area contributed by atoms with Crippen molar-refractivity contribution in [1.29, 1.82) is 0 Å². The molecule has 0 aliphatic carbocycles. The number of ketones is 1. The Morgan fingerprint density at radius 1 is 1.32 bits per heavy atom. The minimum Gasteiger partial charge on any atom is -0.489 e. The van der Waals surface area contributed by atoms with Crippen molar-refractivity contribution in [2.24, 2.45) is 5.92 Å². The number of rotatable bonds is 5. The Hall–Kier alpha value is -1.62. The molecule has 25 heavy (non-hydrogen) atoms. The number of carbonyl (C=O) groups excluding carboxylic acids is 2. The summed E-state index contributed by atoms with van der Waals surface area (Å²) in [6, 6.07) is 2.55. The fraction of sp³-hybridized carbons (Fsp3) is 0.579. The number of carbonyl (C=O) groups is 2. The first kappa shape index (κ1) is 18.2. The SMILES string of the molecule is CC(C)Oc1cc(CCC2C(=O)C3CCCCN3C2=O)c(F)cc1Cl. The number of aryl methyl sites for hydroxylation is 1. The highest BCUT2D eigenvalue weighted by atomic mass is 35.5. The van der Waals surface area contributed by atoms with E-state index < -0.39 is 11.7 Å². The molecule has 136 valence electrons. The molecule has 0 bridgehead atoms. The monoisotopic (exact) mass is 367 g/mol. The van der Waals surface area contributed by atoms with E-state index in [0.717, 1.165) is 19.3 Å². The van der Waals surface area contributed by atoms with Gasteiger partial charge in [0.25, 0.3) is 0 Å². The second-order valence-corrected chi connectivity index (χ2v) is 7.48. The highest BCUT2D eigenvalue weighted by molar-refractivity contribution is 6.32. The Labute approximate surface area is 152 Å². The van der Waals surface area contributed by atoms with Gasteiger partial charge in [0, 0.05) is 6.54 Å². The van der Waals surface area contributed by atoms with Crippen LogP contribution in [-0.4, -0.2) is 35.3 Å². The lowest BCUT2D eigenvalue weighted by molar-refractivity contribution is -0.133. The molecule has 6 heteroatoms. The second-order valence-electron chi connectivity index (χ2n) is 7.08. The van der Waals surface area contributed by atoms with E-state index in [9.17, 15) is 14.0 Å². The summed E-state index contributed by atoms with van der Waals surface area (Å²) < 4.78 is 19.8. The van der Waals surface area contributed by atoms with Crippen LogP contribution in [0.5, 0.6) is 5.75 Å². The first-order valence-electron chi connectivity index (χ1n) is 8.87. The van der Waals surface area contributed by atoms with Gasteiger partial charge in [0.1, 0.15) is 11.6 Å². The number of Topliss-reactive ketones (excluding diaryl/α,β-unsaturated/α-hetero) is 1. The van der Waals surface area contributed by atoms with E-state index >= 15 is 0 Å². The van der Waals surface area contributed by atoms with Gasteiger partial charge in [-0.05, 0) is 63.6 Å². The zero-order chi connectivity index (χ0) is 18.1. The minimum absolute atomic E-state index is 0.00211. The number of piperidine rings is 1. The Morgan fingerprint density at radius 2 is 2.08 bits per heavy atom. The van der Waals surface area contributed by atoms with E-state index in [4.69, 9.17) is 16.3 Å². The Balaban J connectivity index is 1.73. The van der Waals surface area contributed by atoms with Gasteiger partial charge >= 0.3 is 0 Å². The standard InChI is InChI=1S/C19H23ClFNO3/c1-11(2)25-17-9-12(15(21)10-14(17)20)6-7-13-18(23)16-5-3-4-8-22(16)19(13)24/h9-11,13,16H,3-8H2,1-2H3. The lowest BCUT2D eigenvalue weighted by atomic mass is 9.93. The van der Waals surface area contributed by atoms with Gasteiger partial charge in [0.2, 0.25) is 5.91 Å². The summed E-state index contributed by atoms with van der Waals surface area (Å²) in [5, 5.41) is 0.222. The summed E-state index contributed by atoms with van der Waals surface area (Å²) in [7, 11) is 0. The number of ether oxygens (including phenoxy) is 1. The van der Waals surface area contributed by atoms with Gasteiger partial charge in [-0.3, -0.25) is 9.59 Å². The van der Waals surface area contributed by atoms with Crippen molar-refractivity contribution in [3.05, 3.63) is 28.5 Å². The second kappa shape index (κ2) is 7.32. The molecule has 1 aromatic carbocycles. The number of nitrogens with zero attached hydrogens (tertiary/aromatic N) is 1. The quantitative estimate of drug-likeness (QED) is 0.744. The lowest BCUT2D eigenvalue weighted by Gasteiger charge is -2.27. The van der Waals surface area contributed by atoms with Gasteiger partial charge in [-0.15, -0.1) is 0 Å². The minimum atomic E-state index is -0.646. The normalized spacial score (nSPS) is 23.3. The van der Waals surface area contributed by atoms with Crippen LogP contribution in [0.2, 0.25) is 5.02 Å². The van der Waals surface area contributed by atoms with Crippen molar-refractivity contribution < 1.29 is 18.7 Å². The molecule has 0 spiro atoms. The predicted molar refractivity (Wildman–Crippen MR) is 93.3 cm³/mol. The van der Waals surface area contributed by atoms with Crippen molar-refractivity contribution in [2.45, 2.75) is 58.1 Å². The molecule has 0 N–H and O–H groups in total. The van der Waals surface area contributed by atoms with Gasteiger partial charge in [-0.1, -0.05) is 11.6 Å². The first-order chi connectivity index (χ1) is 11.9. The van der Waals surface area contributed by atoms with Crippen LogP contribution in [0.4, 0.5) is 4.39 Å². The molecule has 2 unspecified atom stereocenters. The average molecular weight is 368 g/mol. The molecule has 3 rings (SSSR count). The third-order valence-electron chi connectivity index (χ3n) is 4.92. The van der Waals surface area contributed by atoms with Crippen molar-refractivity contribution in [2.75, 3.05) is 6.54 Å². The van der Waals surface area contributed by atoms with Crippen molar-refractivity contribution in [3.63, 3.8) is 0 Å². The Kier molecular flexibility index (Phi) is 5.32. The van der Waals surface area contributed by atoms with Gasteiger partial charge in [-0.2, -0.15) is 0 Å². The van der Waals surface area contributed by atoms with E-state index in [-0.39, 0.29) is 28.9 Å². The van der Waals surface area contributed by atoms with Gasteiger partial charge in [-0.25, -0.2) is 4.39 Å². The summed E-state index contributed by atoms with van der Waals surface area (Å²) >= 11 is 6.02. The molecule has 2 aliphatic rings. The third-order valence-corrected chi connectivity index (χ3v) is 5.22. The van der Waals surface area contributed by atoms with Crippen LogP contribution in [0.25, 0.3) is 0 Å². The molecule has 2 heterocycles. The van der Waals surface area contributed by atoms with Crippen LogP contribution in [0.3, 0.4) is 0 Å². The fourth-order valence-electron chi connectivity index (χ4n) is 3.72. The number of halogens is 2. The molecule has 0 saturated carbocycles. The first-order valence-corrected chi connectivity index (χ1v) is 9.25. The smallest absolute Gasteiger partial charge is 0.233 e. The van der Waals surface area contributed by atoms with E-state index in [2.05, 4.69) is 0 Å². The molecule has 2 saturated heterocycles. The molecule has 2 aliphatic heterocycles. The van der Waals surface area contributed by atoms with E-state index in [1.807, 2.05) is 13.8 Å². The molecule has 2 fully saturated rings. The molecule has 2 atom stereocenters. The maximum atomic E-state index is 14.2. The van der Waals surface area contributed by atoms with E-state index in [1.165, 1.54) is 6.07 Å². The summed E-state index contributed by atoms with van der Waals surface area (Å²) in [4.78, 5) is 26.7. The summed E-state index contributed by atoms with van der Waals surface area (Å²) in [6.45, 7) is 4.39. The predicted octanol–water partition coefficient (Wildman–Crippen LogP) is 3.78. The topological polar surface area (TPSA) is 46.6 Å². The number of amides is 1. The van der Waals surface area contributed by atoms with Gasteiger partial charge < -0.3 is 9.64 Å². The third kappa shape index (κ3) is 3.66. The van der Waals surface area contributed by atoms with E-state index in [1.54, 1.807) is 11.0 Å². The average Bonchev–Trinajstić information content (AvgIpc) is 2.80. The number of benzene rings is 1. The molecule has 0 radical (unpaired) electrons. The van der Waals surface area contributed by atoms with Gasteiger partial charge in [0.05, 0.1) is 23.1 Å². The maximum absolute atomic E-state index is 14.2. The molecule has 4 nitrogen and oxygen atoms in total. The van der Waals surface area contributed by atoms with E-state index in [0.29, 0.717) is 30.7 Å². The fourth-order valence-corrected chi connectivity index (χ4v) is 3.91. The van der Waals surface area contributed by atoms with Crippen LogP contribution in [-0.2, 0) is 16.0 Å². The Bertz CT molecular complexity index is 667. The summed E-state index contributed by atoms with van der Waals surface area (Å²) in [5.41, 5.74) is 0.422. The van der Waals surface area contributed by atoms with Gasteiger partial charge in [0.15, 0.2) is 5.78 Å². The maximum Gasteiger partial charge on any atom is 0.233 e. The number of hydrogen-bond acceptors (Lipinski definition) is 3. The molecular formula is C19H23ClFNO3. The van der Waals surface area contributed by atoms with Crippen LogP contribution >= 0.6 is 11.6 Å². The number of fused-ring (bicyclic) bond motifs is 1. The van der Waals surface area contributed by atoms with Crippen molar-refractivity contribution in [1.82, 2.24) is 4.90 Å². The molecule has 0 aromatic heterocycles. The van der Waals surface area contributed by atoms with Crippen molar-refractivity contribution >= 4 is 23.3 Å². The highest BCUT2D eigenvalue weighted by Crippen LogP contribution is 2.33. The van der Waals surface area contributed by atoms with Crippen LogP contribution in [0.1, 0.15) is 45.1 Å². The Morgan fingerprint density at radius 3 is 2.76 bits per heavy atom. The molecular weight excluding hydrogens is 345 g/mol. The highest BCUT2D eigenvalue weighted by Gasteiger charge is 2.47. The molecule has 1 amide bonds. The zero-order valence-electron chi connectivity index (χ0n) is 14.6. The largest absolute Gasteiger partial charge is 0.489 e. The zero-order valence-corrected chi connectivity index (χ0v) is 15.3. The van der Waals surface area contributed by atoms with Crippen LogP contribution < -0.4 is 4.74 Å². The summed E-state index contributed by atoms with van der Waals surface area (Å²) in [5.74, 6) is -0.751. The van der Waals surface area contributed by atoms with Crippen LogP contribution in [0.15, 0.2) is 12.1 Å². The lowest BCUT2D eigenvalue weighted by Crippen LogP contribution is -2.39.